The summed E-state index contributed by atoms with van der Waals surface area (Å²) in [6.45, 7) is 5.83. The first-order chi connectivity index (χ1) is 1.41. The van der Waals surface area contributed by atoms with E-state index in [1.807, 2.05) is 0 Å². The molecule has 0 aromatic rings. The van der Waals surface area contributed by atoms with E-state index in [-0.39, 0.29) is 22.4 Å². The van der Waals surface area contributed by atoms with Gasteiger partial charge in [0.25, 0.3) is 0 Å². The van der Waals surface area contributed by atoms with E-state index in [1.165, 1.54) is 7.05 Å². The van der Waals surface area contributed by atoms with Crippen LogP contribution in [0.5, 0.6) is 0 Å². The molecule has 1 nitrogen and oxygen atoms in total. The van der Waals surface area contributed by atoms with Crippen molar-refractivity contribution in [2.75, 3.05) is 7.05 Å². The maximum Gasteiger partial charge on any atom is 0.205 e. The van der Waals surface area contributed by atoms with E-state index in [1.54, 1.807) is 0 Å². The van der Waals surface area contributed by atoms with Gasteiger partial charge in [0.15, 0.2) is 0 Å². The SMILES string of the molecule is [Au].[C-]#[N+]C. The average molecular weight is 238 g/mol. The Morgan fingerprint density at radius 2 is 1.75 bits per heavy atom. The molecule has 27 valence electrons. The monoisotopic (exact) mass is 238 g/mol. The molecule has 0 bridgehead atoms. The van der Waals surface area contributed by atoms with Crippen LogP contribution in [0.25, 0.3) is 4.85 Å². The minimum absolute atomic E-state index is 0. The van der Waals surface area contributed by atoms with Crippen molar-refractivity contribution in [2.45, 2.75) is 0 Å². The van der Waals surface area contributed by atoms with Crippen LogP contribution in [0.3, 0.4) is 0 Å². The van der Waals surface area contributed by atoms with Gasteiger partial charge in [-0.15, -0.1) is 0 Å². The van der Waals surface area contributed by atoms with Gasteiger partial charge < -0.3 is 4.85 Å². The molecule has 4 heavy (non-hydrogen) atoms. The second-order valence-electron chi connectivity index (χ2n) is 0.224. The van der Waals surface area contributed by atoms with E-state index in [0.717, 1.165) is 0 Å². The molecule has 0 aliphatic rings. The molecule has 0 aliphatic heterocycles. The summed E-state index contributed by atoms with van der Waals surface area (Å²) < 4.78 is 0. The zero-order valence-corrected chi connectivity index (χ0v) is 4.42. The summed E-state index contributed by atoms with van der Waals surface area (Å²) in [5.41, 5.74) is 0. The Kier molecular flexibility index (Phi) is 23.6. The molecule has 0 fully saturated rings. The first-order valence-electron chi connectivity index (χ1n) is 0.671. The molecule has 0 rings (SSSR count). The van der Waals surface area contributed by atoms with Crippen molar-refractivity contribution in [3.8, 4) is 0 Å². The third-order valence-electron chi connectivity index (χ3n) is 0. The standard InChI is InChI=1S/C2H3N.Au/c1-3-2;/h1H3;. The Morgan fingerprint density at radius 3 is 1.75 bits per heavy atom. The van der Waals surface area contributed by atoms with Gasteiger partial charge in [-0.05, 0) is 0 Å². The van der Waals surface area contributed by atoms with Crippen LogP contribution >= 0.6 is 0 Å². The fraction of sp³-hybridized carbons (Fsp3) is 0.500. The second kappa shape index (κ2) is 10.6. The molecule has 1 radical (unpaired) electrons. The van der Waals surface area contributed by atoms with Crippen molar-refractivity contribution in [1.29, 1.82) is 0 Å². The summed E-state index contributed by atoms with van der Waals surface area (Å²) >= 11 is 0. The molecular formula is C2H3AuN. The first kappa shape index (κ1) is 8.87. The van der Waals surface area contributed by atoms with Gasteiger partial charge >= 0.3 is 0 Å². The number of nitrogens with zero attached hydrogens (tertiary/aromatic N) is 1. The van der Waals surface area contributed by atoms with Crippen molar-refractivity contribution in [1.82, 2.24) is 0 Å². The molecule has 0 aliphatic carbocycles. The van der Waals surface area contributed by atoms with Crippen LogP contribution in [0.15, 0.2) is 0 Å². The Balaban J connectivity index is 0. The van der Waals surface area contributed by atoms with Gasteiger partial charge in [-0.1, -0.05) is 0 Å². The van der Waals surface area contributed by atoms with E-state index >= 15 is 0 Å². The molecule has 0 atom stereocenters. The fourth-order valence-electron chi connectivity index (χ4n) is 0. The quantitative estimate of drug-likeness (QED) is 0.428. The van der Waals surface area contributed by atoms with Crippen LogP contribution < -0.4 is 0 Å². The molecule has 0 spiro atoms. The van der Waals surface area contributed by atoms with Gasteiger partial charge in [-0.25, -0.2) is 6.57 Å². The van der Waals surface area contributed by atoms with Crippen molar-refractivity contribution < 1.29 is 22.4 Å². The molecule has 0 amide bonds. The molecule has 0 heterocycles. The predicted molar refractivity (Wildman–Crippen MR) is 12.5 cm³/mol. The van der Waals surface area contributed by atoms with Gasteiger partial charge in [-0.3, -0.25) is 0 Å². The zero-order valence-electron chi connectivity index (χ0n) is 2.25. The summed E-state index contributed by atoms with van der Waals surface area (Å²) in [5, 5.41) is 0. The molecule has 0 unspecified atom stereocenters. The maximum absolute atomic E-state index is 5.83. The van der Waals surface area contributed by atoms with Crippen LogP contribution in [0.2, 0.25) is 0 Å². The smallest absolute Gasteiger partial charge is 0.205 e. The Morgan fingerprint density at radius 1 is 1.75 bits per heavy atom. The number of hydrogen-bond donors (Lipinski definition) is 0. The van der Waals surface area contributed by atoms with Crippen LogP contribution in [0.1, 0.15) is 0 Å². The molecule has 0 aromatic heterocycles. The molecule has 0 N–H and O–H groups in total. The van der Waals surface area contributed by atoms with E-state index in [2.05, 4.69) is 4.85 Å². The van der Waals surface area contributed by atoms with Crippen LogP contribution in [0.4, 0.5) is 0 Å². The molecule has 2 heteroatoms. The van der Waals surface area contributed by atoms with Gasteiger partial charge in [-0.2, -0.15) is 0 Å². The van der Waals surface area contributed by atoms with Crippen molar-refractivity contribution >= 4 is 0 Å². The van der Waals surface area contributed by atoms with E-state index < -0.39 is 0 Å². The summed E-state index contributed by atoms with van der Waals surface area (Å²) in [6, 6.07) is 0. The summed E-state index contributed by atoms with van der Waals surface area (Å²) in [7, 11) is 1.42. The largest absolute Gasteiger partial charge is 0.320 e. The predicted octanol–water partition coefficient (Wildman–Crippen LogP) is 0.533. The molecule has 0 saturated heterocycles. The van der Waals surface area contributed by atoms with E-state index in [0.29, 0.717) is 0 Å². The summed E-state index contributed by atoms with van der Waals surface area (Å²) in [6.07, 6.45) is 0. The zero-order chi connectivity index (χ0) is 2.71. The van der Waals surface area contributed by atoms with Gasteiger partial charge in [0, 0.05) is 22.4 Å². The third kappa shape index (κ3) is 63.7. The minimum atomic E-state index is 0. The molecule has 0 saturated carbocycles. The normalized spacial score (nSPS) is 2.00. The average Bonchev–Trinajstić information content (AvgIpc) is 0.918. The van der Waals surface area contributed by atoms with Crippen molar-refractivity contribution in [3.63, 3.8) is 0 Å². The van der Waals surface area contributed by atoms with Crippen molar-refractivity contribution in [3.05, 3.63) is 11.4 Å². The van der Waals surface area contributed by atoms with Crippen LogP contribution in [-0.4, -0.2) is 7.05 Å². The Hall–Kier alpha value is 0.230. The minimum Gasteiger partial charge on any atom is -0.320 e. The topological polar surface area (TPSA) is 4.36 Å². The summed E-state index contributed by atoms with van der Waals surface area (Å²) in [4.78, 5) is 2.75. The second-order valence-corrected chi connectivity index (χ2v) is 0.224. The van der Waals surface area contributed by atoms with Crippen molar-refractivity contribution in [2.24, 2.45) is 0 Å². The van der Waals surface area contributed by atoms with Gasteiger partial charge in [0.05, 0.1) is 0 Å². The van der Waals surface area contributed by atoms with Gasteiger partial charge in [0.1, 0.15) is 0 Å². The van der Waals surface area contributed by atoms with Crippen LogP contribution in [-0.2, 0) is 22.4 Å². The van der Waals surface area contributed by atoms with Crippen LogP contribution in [0, 0.1) is 6.57 Å². The third-order valence-corrected chi connectivity index (χ3v) is 0. The van der Waals surface area contributed by atoms with Gasteiger partial charge in [0.2, 0.25) is 7.05 Å². The Bertz CT molecular complexity index is 27.5. The number of rotatable bonds is 0. The Labute approximate surface area is 41.3 Å². The maximum atomic E-state index is 5.83. The van der Waals surface area contributed by atoms with E-state index in [9.17, 15) is 0 Å². The van der Waals surface area contributed by atoms with E-state index in [4.69, 9.17) is 6.57 Å². The molecular weight excluding hydrogens is 235 g/mol. The molecule has 0 aromatic carbocycles. The first-order valence-corrected chi connectivity index (χ1v) is 0.671. The number of hydrogen-bond acceptors (Lipinski definition) is 0. The summed E-state index contributed by atoms with van der Waals surface area (Å²) in [5.74, 6) is 0. The fourth-order valence-corrected chi connectivity index (χ4v) is 0.